The molecule has 1 aliphatic carbocycles. The van der Waals surface area contributed by atoms with E-state index in [2.05, 4.69) is 24.0 Å². The van der Waals surface area contributed by atoms with Crippen molar-refractivity contribution in [2.75, 3.05) is 12.3 Å². The zero-order valence-electron chi connectivity index (χ0n) is 11.3. The summed E-state index contributed by atoms with van der Waals surface area (Å²) in [5, 5.41) is 0. The molecule has 0 spiro atoms. The lowest BCUT2D eigenvalue weighted by Gasteiger charge is -2.28. The number of hydrogen-bond donors (Lipinski definition) is 1. The van der Waals surface area contributed by atoms with E-state index in [-0.39, 0.29) is 0 Å². The molecule has 2 fully saturated rings. The van der Waals surface area contributed by atoms with E-state index in [1.807, 2.05) is 12.1 Å². The Labute approximate surface area is 110 Å². The summed E-state index contributed by atoms with van der Waals surface area (Å²) in [6.07, 6.45) is 6.85. The predicted molar refractivity (Wildman–Crippen MR) is 76.6 cm³/mol. The van der Waals surface area contributed by atoms with Crippen LogP contribution in [0.3, 0.4) is 0 Å². The molecule has 1 unspecified atom stereocenters. The maximum Gasteiger partial charge on any atom is 0.0314 e. The molecule has 1 saturated carbocycles. The molecule has 18 heavy (non-hydrogen) atoms. The van der Waals surface area contributed by atoms with Gasteiger partial charge in [0.15, 0.2) is 0 Å². The first kappa shape index (κ1) is 12.0. The lowest BCUT2D eigenvalue weighted by atomic mass is 9.97. The van der Waals surface area contributed by atoms with Crippen molar-refractivity contribution in [1.82, 2.24) is 4.90 Å². The highest BCUT2D eigenvalue weighted by molar-refractivity contribution is 5.40. The molecule has 2 nitrogen and oxygen atoms in total. The zero-order chi connectivity index (χ0) is 12.5. The fraction of sp³-hybridized carbons (Fsp3) is 0.625. The van der Waals surface area contributed by atoms with Gasteiger partial charge in [0.1, 0.15) is 0 Å². The molecule has 2 heteroatoms. The van der Waals surface area contributed by atoms with Gasteiger partial charge in [0.2, 0.25) is 0 Å². The fourth-order valence-electron chi connectivity index (χ4n) is 3.83. The third-order valence-electron chi connectivity index (χ3n) is 4.89. The van der Waals surface area contributed by atoms with E-state index >= 15 is 0 Å². The molecule has 2 aliphatic rings. The lowest BCUT2D eigenvalue weighted by Crippen LogP contribution is -2.35. The van der Waals surface area contributed by atoms with Gasteiger partial charge in [-0.3, -0.25) is 4.90 Å². The second kappa shape index (κ2) is 4.93. The fourth-order valence-corrected chi connectivity index (χ4v) is 3.83. The number of nitrogen functional groups attached to an aromatic ring is 1. The molecule has 98 valence electrons. The standard InChI is InChI=1S/C16H24N2/c1-12-3-2-10-18(12)16-9-6-14(11-16)13-4-7-15(17)8-5-13/h4-5,7-8,12,14,16H,2-3,6,9-11,17H2,1H3/t12-,14-,16?/m0/s1. The number of rotatable bonds is 2. The molecule has 1 saturated heterocycles. The quantitative estimate of drug-likeness (QED) is 0.808. The Hall–Kier alpha value is -1.02. The van der Waals surface area contributed by atoms with Crippen LogP contribution in [0.1, 0.15) is 50.5 Å². The maximum atomic E-state index is 5.76. The summed E-state index contributed by atoms with van der Waals surface area (Å²) in [7, 11) is 0. The van der Waals surface area contributed by atoms with E-state index in [1.165, 1.54) is 44.2 Å². The number of anilines is 1. The Morgan fingerprint density at radius 2 is 1.89 bits per heavy atom. The highest BCUT2D eigenvalue weighted by Crippen LogP contribution is 2.39. The SMILES string of the molecule is C[C@H]1CCCN1C1CC[C@H](c2ccc(N)cc2)C1. The van der Waals surface area contributed by atoms with E-state index in [0.29, 0.717) is 0 Å². The number of likely N-dealkylation sites (tertiary alicyclic amines) is 1. The van der Waals surface area contributed by atoms with Crippen molar-refractivity contribution >= 4 is 5.69 Å². The van der Waals surface area contributed by atoms with Gasteiger partial charge in [-0.25, -0.2) is 0 Å². The average Bonchev–Trinajstić information content (AvgIpc) is 2.98. The number of benzene rings is 1. The van der Waals surface area contributed by atoms with Gasteiger partial charge >= 0.3 is 0 Å². The van der Waals surface area contributed by atoms with Crippen LogP contribution in [-0.2, 0) is 0 Å². The van der Waals surface area contributed by atoms with Gasteiger partial charge in [-0.2, -0.15) is 0 Å². The van der Waals surface area contributed by atoms with E-state index in [9.17, 15) is 0 Å². The van der Waals surface area contributed by atoms with Gasteiger partial charge in [-0.1, -0.05) is 12.1 Å². The molecular weight excluding hydrogens is 220 g/mol. The molecule has 0 radical (unpaired) electrons. The van der Waals surface area contributed by atoms with Crippen LogP contribution in [0.25, 0.3) is 0 Å². The van der Waals surface area contributed by atoms with Crippen LogP contribution in [0.2, 0.25) is 0 Å². The van der Waals surface area contributed by atoms with Crippen LogP contribution in [-0.4, -0.2) is 23.5 Å². The Bertz CT molecular complexity index is 398. The van der Waals surface area contributed by atoms with Crippen molar-refractivity contribution in [3.05, 3.63) is 29.8 Å². The van der Waals surface area contributed by atoms with E-state index < -0.39 is 0 Å². The summed E-state index contributed by atoms with van der Waals surface area (Å²) in [6.45, 7) is 3.71. The number of nitrogens with two attached hydrogens (primary N) is 1. The highest BCUT2D eigenvalue weighted by atomic mass is 15.2. The summed E-state index contributed by atoms with van der Waals surface area (Å²) in [6, 6.07) is 10.2. The third kappa shape index (κ3) is 2.26. The second-order valence-electron chi connectivity index (χ2n) is 6.06. The first-order chi connectivity index (χ1) is 8.74. The molecule has 1 aromatic rings. The van der Waals surface area contributed by atoms with Gasteiger partial charge in [-0.05, 0) is 69.2 Å². The van der Waals surface area contributed by atoms with Gasteiger partial charge in [-0.15, -0.1) is 0 Å². The van der Waals surface area contributed by atoms with Crippen LogP contribution in [0, 0.1) is 0 Å². The molecule has 1 aliphatic heterocycles. The van der Waals surface area contributed by atoms with Gasteiger partial charge in [0.05, 0.1) is 0 Å². The van der Waals surface area contributed by atoms with Crippen molar-refractivity contribution in [1.29, 1.82) is 0 Å². The first-order valence-corrected chi connectivity index (χ1v) is 7.35. The summed E-state index contributed by atoms with van der Waals surface area (Å²) in [5.74, 6) is 0.753. The summed E-state index contributed by atoms with van der Waals surface area (Å²) in [5.41, 5.74) is 8.12. The molecule has 1 aromatic carbocycles. The molecular formula is C16H24N2. The summed E-state index contributed by atoms with van der Waals surface area (Å²) in [4.78, 5) is 2.75. The average molecular weight is 244 g/mol. The van der Waals surface area contributed by atoms with Crippen LogP contribution in [0.15, 0.2) is 24.3 Å². The first-order valence-electron chi connectivity index (χ1n) is 7.35. The number of hydrogen-bond acceptors (Lipinski definition) is 2. The van der Waals surface area contributed by atoms with Gasteiger partial charge < -0.3 is 5.73 Å². The topological polar surface area (TPSA) is 29.3 Å². The Morgan fingerprint density at radius 3 is 2.56 bits per heavy atom. The predicted octanol–water partition coefficient (Wildman–Crippen LogP) is 3.39. The minimum atomic E-state index is 0.753. The molecule has 0 bridgehead atoms. The molecule has 0 amide bonds. The molecule has 0 aromatic heterocycles. The van der Waals surface area contributed by atoms with Crippen molar-refractivity contribution in [3.63, 3.8) is 0 Å². The lowest BCUT2D eigenvalue weighted by molar-refractivity contribution is 0.191. The number of nitrogens with zero attached hydrogens (tertiary/aromatic N) is 1. The van der Waals surface area contributed by atoms with Crippen molar-refractivity contribution in [2.24, 2.45) is 0 Å². The summed E-state index contributed by atoms with van der Waals surface area (Å²) < 4.78 is 0. The van der Waals surface area contributed by atoms with Crippen molar-refractivity contribution < 1.29 is 0 Å². The van der Waals surface area contributed by atoms with Crippen LogP contribution < -0.4 is 5.73 Å². The van der Waals surface area contributed by atoms with Crippen LogP contribution in [0.5, 0.6) is 0 Å². The normalized spacial score (nSPS) is 33.1. The van der Waals surface area contributed by atoms with E-state index in [1.54, 1.807) is 0 Å². The van der Waals surface area contributed by atoms with E-state index in [0.717, 1.165) is 23.7 Å². The molecule has 3 rings (SSSR count). The Morgan fingerprint density at radius 1 is 1.11 bits per heavy atom. The smallest absolute Gasteiger partial charge is 0.0314 e. The maximum absolute atomic E-state index is 5.76. The highest BCUT2D eigenvalue weighted by Gasteiger charge is 2.34. The van der Waals surface area contributed by atoms with E-state index in [4.69, 9.17) is 5.73 Å². The van der Waals surface area contributed by atoms with Crippen molar-refractivity contribution in [3.8, 4) is 0 Å². The monoisotopic (exact) mass is 244 g/mol. The summed E-state index contributed by atoms with van der Waals surface area (Å²) >= 11 is 0. The Kier molecular flexibility index (Phi) is 3.29. The van der Waals surface area contributed by atoms with Gasteiger partial charge in [0.25, 0.3) is 0 Å². The molecule has 2 N–H and O–H groups in total. The molecule has 3 atom stereocenters. The zero-order valence-corrected chi connectivity index (χ0v) is 11.3. The molecule has 1 heterocycles. The van der Waals surface area contributed by atoms with Crippen molar-refractivity contribution in [2.45, 2.75) is 57.0 Å². The minimum absolute atomic E-state index is 0.753. The Balaban J connectivity index is 1.66. The largest absolute Gasteiger partial charge is 0.399 e. The van der Waals surface area contributed by atoms with Crippen LogP contribution >= 0.6 is 0 Å². The second-order valence-corrected chi connectivity index (χ2v) is 6.06. The third-order valence-corrected chi connectivity index (χ3v) is 4.89. The van der Waals surface area contributed by atoms with Gasteiger partial charge in [0, 0.05) is 17.8 Å². The van der Waals surface area contributed by atoms with Crippen LogP contribution in [0.4, 0.5) is 5.69 Å². The minimum Gasteiger partial charge on any atom is -0.399 e.